The summed E-state index contributed by atoms with van der Waals surface area (Å²) in [6.07, 6.45) is 0.910. The van der Waals surface area contributed by atoms with Gasteiger partial charge in [0.25, 0.3) is 10.1 Å². The summed E-state index contributed by atoms with van der Waals surface area (Å²) in [4.78, 5) is 13.0. The molecule has 0 amide bonds. The molecule has 0 heterocycles. The van der Waals surface area contributed by atoms with Gasteiger partial charge in [0.05, 0.1) is 19.8 Å². The van der Waals surface area contributed by atoms with Gasteiger partial charge in [0.1, 0.15) is 11.9 Å². The fraction of sp³-hybridized carbons (Fsp3) is 0.533. The Morgan fingerprint density at radius 2 is 1.87 bits per heavy atom. The zero-order valence-corrected chi connectivity index (χ0v) is 14.3. The Morgan fingerprint density at radius 3 is 2.39 bits per heavy atom. The number of rotatable bonds is 9. The third-order valence-electron chi connectivity index (χ3n) is 3.23. The van der Waals surface area contributed by atoms with E-state index in [0.717, 1.165) is 6.26 Å². The van der Waals surface area contributed by atoms with Crippen LogP contribution in [0.3, 0.4) is 0 Å². The van der Waals surface area contributed by atoms with Crippen LogP contribution in [0.4, 0.5) is 4.39 Å². The van der Waals surface area contributed by atoms with Crippen LogP contribution in [0.15, 0.2) is 24.3 Å². The van der Waals surface area contributed by atoms with Crippen molar-refractivity contribution in [1.29, 1.82) is 0 Å². The van der Waals surface area contributed by atoms with Crippen molar-refractivity contribution >= 4 is 16.1 Å². The maximum atomic E-state index is 13.0. The molecule has 1 aromatic carbocycles. The lowest BCUT2D eigenvalue weighted by atomic mass is 10.1. The van der Waals surface area contributed by atoms with Gasteiger partial charge in [-0.2, -0.15) is 8.42 Å². The zero-order chi connectivity index (χ0) is 17.5. The smallest absolute Gasteiger partial charge is 0.306 e. The van der Waals surface area contributed by atoms with Gasteiger partial charge in [-0.05, 0) is 31.2 Å². The van der Waals surface area contributed by atoms with Gasteiger partial charge < -0.3 is 9.64 Å². The number of nitrogens with zero attached hydrogens (tertiary/aromatic N) is 1. The molecule has 0 saturated carbocycles. The van der Waals surface area contributed by atoms with Gasteiger partial charge in [-0.15, -0.1) is 0 Å². The number of ether oxygens (including phenoxy) is 1. The molecule has 8 heteroatoms. The molecule has 6 nitrogen and oxygen atoms in total. The highest BCUT2D eigenvalue weighted by Crippen LogP contribution is 2.23. The fourth-order valence-corrected chi connectivity index (χ4v) is 2.62. The topological polar surface area (TPSA) is 72.9 Å². The Morgan fingerprint density at radius 1 is 1.26 bits per heavy atom. The van der Waals surface area contributed by atoms with E-state index in [4.69, 9.17) is 4.18 Å². The summed E-state index contributed by atoms with van der Waals surface area (Å²) in [5, 5.41) is 0. The van der Waals surface area contributed by atoms with Crippen LogP contribution < -0.4 is 0 Å². The lowest BCUT2D eigenvalue weighted by molar-refractivity contribution is -0.140. The largest absolute Gasteiger partial charge is 0.469 e. The third kappa shape index (κ3) is 8.06. The fourth-order valence-electron chi connectivity index (χ4n) is 1.99. The number of methoxy groups -OCH3 is 1. The second kappa shape index (κ2) is 8.95. The molecule has 0 radical (unpaired) electrons. The molecule has 1 rings (SSSR count). The normalized spacial score (nSPS) is 13.1. The number of hydrogen-bond donors (Lipinski definition) is 0. The summed E-state index contributed by atoms with van der Waals surface area (Å²) < 4.78 is 45.5. The van der Waals surface area contributed by atoms with Gasteiger partial charge in [0.2, 0.25) is 0 Å². The number of esters is 1. The van der Waals surface area contributed by atoms with E-state index >= 15 is 0 Å². The van der Waals surface area contributed by atoms with Crippen molar-refractivity contribution in [1.82, 2.24) is 4.90 Å². The van der Waals surface area contributed by atoms with Crippen molar-refractivity contribution in [2.45, 2.75) is 18.9 Å². The predicted octanol–water partition coefficient (Wildman–Crippen LogP) is 1.73. The molecular formula is C15H22FNO5S. The maximum absolute atomic E-state index is 13.0. The van der Waals surface area contributed by atoms with Crippen LogP contribution in [0, 0.1) is 5.82 Å². The molecule has 0 aliphatic rings. The molecule has 1 aromatic rings. The molecule has 0 aromatic heterocycles. The van der Waals surface area contributed by atoms with Crippen molar-refractivity contribution in [3.05, 3.63) is 35.6 Å². The lowest BCUT2D eigenvalue weighted by Gasteiger charge is -2.21. The van der Waals surface area contributed by atoms with Gasteiger partial charge in [0, 0.05) is 13.1 Å². The van der Waals surface area contributed by atoms with Crippen LogP contribution in [0.2, 0.25) is 0 Å². The Balaban J connectivity index is 2.66. The van der Waals surface area contributed by atoms with Crippen LogP contribution in [0.25, 0.3) is 0 Å². The summed E-state index contributed by atoms with van der Waals surface area (Å²) in [5.41, 5.74) is 0.582. The van der Waals surface area contributed by atoms with Gasteiger partial charge in [-0.25, -0.2) is 4.39 Å². The molecule has 0 aliphatic heterocycles. The molecule has 130 valence electrons. The Kier molecular flexibility index (Phi) is 7.60. The van der Waals surface area contributed by atoms with Crippen LogP contribution in [0.5, 0.6) is 0 Å². The van der Waals surface area contributed by atoms with Crippen molar-refractivity contribution in [2.24, 2.45) is 0 Å². The highest BCUT2D eigenvalue weighted by molar-refractivity contribution is 7.86. The monoisotopic (exact) mass is 347 g/mol. The molecule has 0 saturated heterocycles. The molecule has 0 spiro atoms. The van der Waals surface area contributed by atoms with Crippen LogP contribution in [0.1, 0.15) is 24.5 Å². The maximum Gasteiger partial charge on any atom is 0.306 e. The lowest BCUT2D eigenvalue weighted by Crippen LogP contribution is -2.25. The van der Waals surface area contributed by atoms with Crippen LogP contribution in [-0.2, 0) is 23.8 Å². The number of carbonyl (C=O) groups is 1. The SMILES string of the molecule is COC(=O)CCN(C)CC[C@H](OS(C)(=O)=O)c1ccc(F)cc1. The minimum absolute atomic E-state index is 0.251. The molecule has 0 bridgehead atoms. The first-order valence-corrected chi connectivity index (χ1v) is 8.92. The minimum atomic E-state index is -3.65. The summed E-state index contributed by atoms with van der Waals surface area (Å²) in [6.45, 7) is 0.996. The van der Waals surface area contributed by atoms with E-state index in [1.54, 1.807) is 0 Å². The summed E-state index contributed by atoms with van der Waals surface area (Å²) >= 11 is 0. The minimum Gasteiger partial charge on any atom is -0.469 e. The van der Waals surface area contributed by atoms with E-state index in [2.05, 4.69) is 4.74 Å². The number of carbonyl (C=O) groups excluding carboxylic acids is 1. The van der Waals surface area contributed by atoms with Gasteiger partial charge in [-0.3, -0.25) is 8.98 Å². The second-order valence-corrected chi connectivity index (χ2v) is 6.86. The average molecular weight is 347 g/mol. The average Bonchev–Trinajstić information content (AvgIpc) is 2.48. The first-order chi connectivity index (χ1) is 10.7. The van der Waals surface area contributed by atoms with Crippen molar-refractivity contribution in [3.63, 3.8) is 0 Å². The highest BCUT2D eigenvalue weighted by atomic mass is 32.2. The Labute approximate surface area is 136 Å². The Bertz CT molecular complexity index is 603. The predicted molar refractivity (Wildman–Crippen MR) is 83.8 cm³/mol. The van der Waals surface area contributed by atoms with E-state index in [1.165, 1.54) is 31.4 Å². The quantitative estimate of drug-likeness (QED) is 0.500. The second-order valence-electron chi connectivity index (χ2n) is 5.26. The molecular weight excluding hydrogens is 325 g/mol. The van der Waals surface area contributed by atoms with Gasteiger partial charge in [-0.1, -0.05) is 12.1 Å². The first-order valence-electron chi connectivity index (χ1n) is 7.10. The zero-order valence-electron chi connectivity index (χ0n) is 13.5. The van der Waals surface area contributed by atoms with Crippen LogP contribution >= 0.6 is 0 Å². The van der Waals surface area contributed by atoms with Crippen molar-refractivity contribution < 1.29 is 26.5 Å². The molecule has 23 heavy (non-hydrogen) atoms. The molecule has 1 atom stereocenters. The third-order valence-corrected chi connectivity index (χ3v) is 3.81. The van der Waals surface area contributed by atoms with Crippen molar-refractivity contribution in [2.75, 3.05) is 33.5 Å². The summed E-state index contributed by atoms with van der Waals surface area (Å²) in [6, 6.07) is 5.52. The first kappa shape index (κ1) is 19.5. The van der Waals surface area contributed by atoms with Gasteiger partial charge >= 0.3 is 5.97 Å². The van der Waals surface area contributed by atoms with E-state index in [0.29, 0.717) is 25.1 Å². The number of hydrogen-bond acceptors (Lipinski definition) is 6. The standard InChI is InChI=1S/C15H22FNO5S/c1-17(11-9-15(18)21-2)10-8-14(22-23(3,19)20)12-4-6-13(16)7-5-12/h4-7,14H,8-11H2,1-3H3/t14-/m0/s1. The number of halogens is 1. The van der Waals surface area contributed by atoms with E-state index in [-0.39, 0.29) is 12.4 Å². The number of benzene rings is 1. The molecule has 0 fully saturated rings. The molecule has 0 N–H and O–H groups in total. The van der Waals surface area contributed by atoms with Crippen molar-refractivity contribution in [3.8, 4) is 0 Å². The molecule has 0 aliphatic carbocycles. The van der Waals surface area contributed by atoms with Gasteiger partial charge in [0.15, 0.2) is 0 Å². The van der Waals surface area contributed by atoms with Crippen LogP contribution in [-0.4, -0.2) is 52.8 Å². The van der Waals surface area contributed by atoms with E-state index in [1.807, 2.05) is 11.9 Å². The summed E-state index contributed by atoms with van der Waals surface area (Å²) in [7, 11) is -0.509. The van der Waals surface area contributed by atoms with E-state index in [9.17, 15) is 17.6 Å². The highest BCUT2D eigenvalue weighted by Gasteiger charge is 2.19. The van der Waals surface area contributed by atoms with E-state index < -0.39 is 22.0 Å². The molecule has 0 unspecified atom stereocenters. The summed E-state index contributed by atoms with van der Waals surface area (Å²) in [5.74, 6) is -0.707. The Hall–Kier alpha value is -1.51.